The van der Waals surface area contributed by atoms with E-state index in [4.69, 9.17) is 5.73 Å². The summed E-state index contributed by atoms with van der Waals surface area (Å²) in [6, 6.07) is 4.16. The fraction of sp³-hybridized carbons (Fsp3) is 0.154. The Morgan fingerprint density at radius 2 is 2.35 bits per heavy atom. The second-order valence-corrected chi connectivity index (χ2v) is 4.60. The number of amides is 1. The molecule has 102 valence electrons. The second kappa shape index (κ2) is 6.23. The average Bonchev–Trinajstić information content (AvgIpc) is 2.85. The molecule has 0 spiro atoms. The van der Waals surface area contributed by atoms with Crippen LogP contribution in [0.5, 0.6) is 0 Å². The van der Waals surface area contributed by atoms with Crippen LogP contribution in [-0.4, -0.2) is 22.0 Å². The Kier molecular flexibility index (Phi) is 4.40. The molecule has 1 heterocycles. The Labute approximate surface area is 119 Å². The van der Waals surface area contributed by atoms with E-state index in [0.717, 1.165) is 11.5 Å². The highest BCUT2D eigenvalue weighted by atomic mass is 32.1. The summed E-state index contributed by atoms with van der Waals surface area (Å²) in [7, 11) is 0. The van der Waals surface area contributed by atoms with Gasteiger partial charge in [0.2, 0.25) is 0 Å². The largest absolute Gasteiger partial charge is 0.321 e. The van der Waals surface area contributed by atoms with Crippen LogP contribution < -0.4 is 11.1 Å². The molecule has 1 amide bonds. The molecule has 1 aromatic carbocycles. The van der Waals surface area contributed by atoms with E-state index in [1.54, 1.807) is 6.92 Å². The minimum atomic E-state index is -0.459. The maximum atomic E-state index is 13.5. The molecule has 3 N–H and O–H groups in total. The highest BCUT2D eigenvalue weighted by Crippen LogP contribution is 2.17. The number of halogens is 1. The molecule has 0 radical (unpaired) electrons. The summed E-state index contributed by atoms with van der Waals surface area (Å²) in [6.07, 6.45) is 0. The van der Waals surface area contributed by atoms with Crippen molar-refractivity contribution in [1.29, 1.82) is 0 Å². The monoisotopic (exact) mass is 290 g/mol. The van der Waals surface area contributed by atoms with Crippen molar-refractivity contribution in [3.63, 3.8) is 0 Å². The third-order valence-electron chi connectivity index (χ3n) is 2.41. The van der Waals surface area contributed by atoms with Gasteiger partial charge < -0.3 is 11.1 Å². The number of aromatic nitrogens is 2. The molecular weight excluding hydrogens is 279 g/mol. The van der Waals surface area contributed by atoms with E-state index in [0.29, 0.717) is 16.3 Å². The number of benzene rings is 1. The molecule has 0 fully saturated rings. The Balaban J connectivity index is 2.22. The molecule has 2 rings (SSSR count). The van der Waals surface area contributed by atoms with Gasteiger partial charge in [0.1, 0.15) is 10.7 Å². The summed E-state index contributed by atoms with van der Waals surface area (Å²) in [4.78, 5) is 12.4. The predicted molar refractivity (Wildman–Crippen MR) is 74.9 cm³/mol. The molecule has 0 aliphatic heterocycles. The van der Waals surface area contributed by atoms with E-state index in [-0.39, 0.29) is 18.0 Å². The first-order valence-corrected chi connectivity index (χ1v) is 6.48. The van der Waals surface area contributed by atoms with Crippen LogP contribution in [0.2, 0.25) is 0 Å². The second-order valence-electron chi connectivity index (χ2n) is 3.84. The Morgan fingerprint density at radius 1 is 1.55 bits per heavy atom. The van der Waals surface area contributed by atoms with Gasteiger partial charge in [0, 0.05) is 5.69 Å². The molecule has 0 aliphatic rings. The molecule has 20 heavy (non-hydrogen) atoms. The maximum absolute atomic E-state index is 13.5. The summed E-state index contributed by atoms with van der Waals surface area (Å²) in [6.45, 7) is 1.84. The van der Waals surface area contributed by atoms with Crippen LogP contribution >= 0.6 is 11.5 Å². The van der Waals surface area contributed by atoms with E-state index >= 15 is 0 Å². The van der Waals surface area contributed by atoms with Gasteiger partial charge in [0.05, 0.1) is 17.8 Å². The lowest BCUT2D eigenvalue weighted by Gasteiger charge is -2.04. The summed E-state index contributed by atoms with van der Waals surface area (Å²) in [5, 5.41) is 6.42. The number of nitrogens with two attached hydrogens (primary N) is 1. The van der Waals surface area contributed by atoms with E-state index in [9.17, 15) is 9.18 Å². The van der Waals surface area contributed by atoms with E-state index in [1.807, 2.05) is 0 Å². The summed E-state index contributed by atoms with van der Waals surface area (Å²) in [5.41, 5.74) is 6.44. The number of hydrogen-bond acceptors (Lipinski definition) is 5. The summed E-state index contributed by atoms with van der Waals surface area (Å²) in [5.74, 6) is 4.39. The molecule has 0 saturated heterocycles. The van der Waals surface area contributed by atoms with Crippen LogP contribution in [0.3, 0.4) is 0 Å². The zero-order valence-corrected chi connectivity index (χ0v) is 11.4. The van der Waals surface area contributed by atoms with Gasteiger partial charge in [0.25, 0.3) is 5.91 Å². The molecule has 0 atom stereocenters. The van der Waals surface area contributed by atoms with Gasteiger partial charge in [0.15, 0.2) is 0 Å². The molecule has 0 bridgehead atoms. The molecule has 0 unspecified atom stereocenters. The van der Waals surface area contributed by atoms with Crippen LogP contribution in [0.25, 0.3) is 0 Å². The van der Waals surface area contributed by atoms with Crippen molar-refractivity contribution < 1.29 is 9.18 Å². The zero-order valence-electron chi connectivity index (χ0n) is 10.6. The van der Waals surface area contributed by atoms with Crippen LogP contribution in [-0.2, 0) is 0 Å². The van der Waals surface area contributed by atoms with Gasteiger partial charge >= 0.3 is 0 Å². The maximum Gasteiger partial charge on any atom is 0.269 e. The number of rotatable bonds is 2. The molecule has 0 aliphatic carbocycles. The number of nitrogens with zero attached hydrogens (tertiary/aromatic N) is 2. The SMILES string of the molecule is Cc1nnsc1C(=O)Nc1ccc(F)c(C#CCN)c1. The van der Waals surface area contributed by atoms with Gasteiger partial charge in [-0.15, -0.1) is 5.10 Å². The lowest BCUT2D eigenvalue weighted by Crippen LogP contribution is -2.11. The molecule has 2 aromatic rings. The lowest BCUT2D eigenvalue weighted by atomic mass is 10.2. The molecule has 0 saturated carbocycles. The van der Waals surface area contributed by atoms with Crippen molar-refractivity contribution in [2.75, 3.05) is 11.9 Å². The predicted octanol–water partition coefficient (Wildman–Crippen LogP) is 1.55. The number of nitrogens with one attached hydrogen (secondary N) is 1. The van der Waals surface area contributed by atoms with E-state index < -0.39 is 5.82 Å². The quantitative estimate of drug-likeness (QED) is 0.822. The standard InChI is InChI=1S/C13H11FN4OS/c1-8-12(20-18-17-8)13(19)16-10-4-5-11(14)9(7-10)3-2-6-15/h4-5,7H,6,15H2,1H3,(H,16,19). The molecule has 5 nitrogen and oxygen atoms in total. The van der Waals surface area contributed by atoms with Crippen LogP contribution in [0.1, 0.15) is 20.9 Å². The van der Waals surface area contributed by atoms with Crippen molar-refractivity contribution >= 4 is 23.1 Å². The number of hydrogen-bond donors (Lipinski definition) is 2. The Morgan fingerprint density at radius 3 is 3.00 bits per heavy atom. The van der Waals surface area contributed by atoms with Crippen molar-refractivity contribution in [2.45, 2.75) is 6.92 Å². The van der Waals surface area contributed by atoms with Crippen molar-refractivity contribution in [3.05, 3.63) is 40.2 Å². The molecule has 7 heteroatoms. The third-order valence-corrected chi connectivity index (χ3v) is 3.23. The van der Waals surface area contributed by atoms with Gasteiger partial charge in [-0.1, -0.05) is 16.3 Å². The highest BCUT2D eigenvalue weighted by Gasteiger charge is 2.13. The molecular formula is C13H11FN4OS. The van der Waals surface area contributed by atoms with Crippen molar-refractivity contribution in [3.8, 4) is 11.8 Å². The first-order valence-electron chi connectivity index (χ1n) is 5.70. The normalized spacial score (nSPS) is 9.75. The summed E-state index contributed by atoms with van der Waals surface area (Å²) >= 11 is 1.01. The summed E-state index contributed by atoms with van der Waals surface area (Å²) < 4.78 is 17.2. The fourth-order valence-corrected chi connectivity index (χ4v) is 2.02. The van der Waals surface area contributed by atoms with Crippen LogP contribution in [0.4, 0.5) is 10.1 Å². The number of anilines is 1. The zero-order chi connectivity index (χ0) is 14.5. The topological polar surface area (TPSA) is 80.9 Å². The minimum absolute atomic E-state index is 0.141. The van der Waals surface area contributed by atoms with Crippen molar-refractivity contribution in [2.24, 2.45) is 5.73 Å². The van der Waals surface area contributed by atoms with Gasteiger partial charge in [-0.05, 0) is 36.7 Å². The first kappa shape index (κ1) is 14.1. The Bertz CT molecular complexity index is 702. The highest BCUT2D eigenvalue weighted by molar-refractivity contribution is 7.08. The number of carbonyl (C=O) groups is 1. The van der Waals surface area contributed by atoms with Crippen molar-refractivity contribution in [1.82, 2.24) is 9.59 Å². The van der Waals surface area contributed by atoms with Gasteiger partial charge in [-0.2, -0.15) is 0 Å². The number of carbonyl (C=O) groups excluding carboxylic acids is 1. The van der Waals surface area contributed by atoms with Crippen LogP contribution in [0.15, 0.2) is 18.2 Å². The van der Waals surface area contributed by atoms with Gasteiger partial charge in [-0.3, -0.25) is 4.79 Å². The molecule has 1 aromatic heterocycles. The fourth-order valence-electron chi connectivity index (χ4n) is 1.47. The van der Waals surface area contributed by atoms with E-state index in [2.05, 4.69) is 26.7 Å². The minimum Gasteiger partial charge on any atom is -0.321 e. The third kappa shape index (κ3) is 3.17. The lowest BCUT2D eigenvalue weighted by molar-refractivity contribution is 0.103. The van der Waals surface area contributed by atoms with Crippen LogP contribution in [0, 0.1) is 24.6 Å². The first-order chi connectivity index (χ1) is 9.61. The average molecular weight is 290 g/mol. The smallest absolute Gasteiger partial charge is 0.269 e. The van der Waals surface area contributed by atoms with E-state index in [1.165, 1.54) is 18.2 Å². The number of aryl methyl sites for hydroxylation is 1. The Hall–Kier alpha value is -2.30. The van der Waals surface area contributed by atoms with Gasteiger partial charge in [-0.25, -0.2) is 4.39 Å².